The van der Waals surface area contributed by atoms with Crippen molar-refractivity contribution in [2.24, 2.45) is 5.41 Å². The van der Waals surface area contributed by atoms with Crippen molar-refractivity contribution in [3.05, 3.63) is 18.5 Å². The number of aliphatic hydroxyl groups is 1. The summed E-state index contributed by atoms with van der Waals surface area (Å²) in [4.78, 5) is 5.22. The van der Waals surface area contributed by atoms with Crippen molar-refractivity contribution < 1.29 is 5.11 Å². The van der Waals surface area contributed by atoms with E-state index in [4.69, 9.17) is 5.11 Å². The summed E-state index contributed by atoms with van der Waals surface area (Å²) in [5.41, 5.74) is 1.39. The maximum absolute atomic E-state index is 9.17. The highest BCUT2D eigenvalue weighted by Crippen LogP contribution is 2.45. The van der Waals surface area contributed by atoms with Gasteiger partial charge in [0.2, 0.25) is 0 Å². The summed E-state index contributed by atoms with van der Waals surface area (Å²) in [6, 6.07) is 2.05. The highest BCUT2D eigenvalue weighted by atomic mass is 16.3. The van der Waals surface area contributed by atoms with Gasteiger partial charge in [0.25, 0.3) is 0 Å². The van der Waals surface area contributed by atoms with E-state index in [1.54, 1.807) is 0 Å². The molecule has 1 saturated carbocycles. The highest BCUT2D eigenvalue weighted by Gasteiger charge is 2.42. The smallest absolute Gasteiger partial charge is 0.0541 e. The lowest BCUT2D eigenvalue weighted by atomic mass is 10.1. The Balaban J connectivity index is 1.96. The van der Waals surface area contributed by atoms with Crippen LogP contribution in [0.4, 0.5) is 5.69 Å². The van der Waals surface area contributed by atoms with Crippen LogP contribution in [0, 0.1) is 5.41 Å². The molecule has 0 amide bonds. The Morgan fingerprint density at radius 3 is 2.85 bits per heavy atom. The van der Waals surface area contributed by atoms with Crippen molar-refractivity contribution in [2.75, 3.05) is 25.1 Å². The van der Waals surface area contributed by atoms with Crippen molar-refractivity contribution in [3.63, 3.8) is 0 Å². The number of aromatic nitrogens is 1. The standard InChI is InChI=1S/C10H16N2O/c1-12(9-2-5-11-6-9)7-10(8-13)3-4-10/h2,5-6,11,13H,3-4,7-8H2,1H3. The third-order valence-electron chi connectivity index (χ3n) is 2.89. The molecule has 1 aromatic heterocycles. The zero-order chi connectivity index (χ0) is 9.31. The zero-order valence-corrected chi connectivity index (χ0v) is 7.95. The molecule has 0 aromatic carbocycles. The molecule has 0 unspecified atom stereocenters. The second-order valence-corrected chi connectivity index (χ2v) is 4.08. The number of rotatable bonds is 4. The minimum atomic E-state index is 0.200. The molecule has 2 N–H and O–H groups in total. The lowest BCUT2D eigenvalue weighted by molar-refractivity contribution is 0.215. The number of nitrogens with zero attached hydrogens (tertiary/aromatic N) is 1. The van der Waals surface area contributed by atoms with Crippen LogP contribution < -0.4 is 4.90 Å². The van der Waals surface area contributed by atoms with Gasteiger partial charge in [-0.2, -0.15) is 0 Å². The number of aliphatic hydroxyl groups excluding tert-OH is 1. The fraction of sp³-hybridized carbons (Fsp3) is 0.600. The van der Waals surface area contributed by atoms with E-state index in [1.807, 2.05) is 18.5 Å². The van der Waals surface area contributed by atoms with Gasteiger partial charge in [-0.25, -0.2) is 0 Å². The van der Waals surface area contributed by atoms with Crippen LogP contribution in [-0.4, -0.2) is 30.3 Å². The Kier molecular flexibility index (Phi) is 2.04. The number of H-pyrrole nitrogens is 1. The van der Waals surface area contributed by atoms with Gasteiger partial charge in [0.1, 0.15) is 0 Å². The molecule has 3 heteroatoms. The van der Waals surface area contributed by atoms with Crippen LogP contribution in [0.2, 0.25) is 0 Å². The van der Waals surface area contributed by atoms with Gasteiger partial charge in [-0.1, -0.05) is 0 Å². The first kappa shape index (κ1) is 8.63. The SMILES string of the molecule is CN(CC1(CO)CC1)c1cc[nH]c1. The van der Waals surface area contributed by atoms with Gasteiger partial charge < -0.3 is 15.0 Å². The molecule has 0 spiro atoms. The Morgan fingerprint density at radius 1 is 1.62 bits per heavy atom. The lowest BCUT2D eigenvalue weighted by Crippen LogP contribution is -2.28. The van der Waals surface area contributed by atoms with Gasteiger partial charge in [0.15, 0.2) is 0 Å². The first-order chi connectivity index (χ1) is 6.26. The number of hydrogen-bond acceptors (Lipinski definition) is 2. The second kappa shape index (κ2) is 3.07. The predicted octanol–water partition coefficient (Wildman–Crippen LogP) is 1.22. The van der Waals surface area contributed by atoms with E-state index in [-0.39, 0.29) is 5.41 Å². The minimum Gasteiger partial charge on any atom is -0.396 e. The van der Waals surface area contributed by atoms with Crippen LogP contribution in [0.3, 0.4) is 0 Å². The van der Waals surface area contributed by atoms with Crippen LogP contribution in [0.25, 0.3) is 0 Å². The van der Waals surface area contributed by atoms with Crippen LogP contribution in [0.15, 0.2) is 18.5 Å². The van der Waals surface area contributed by atoms with Crippen LogP contribution in [0.1, 0.15) is 12.8 Å². The first-order valence-corrected chi connectivity index (χ1v) is 4.71. The molecule has 0 saturated heterocycles. The fourth-order valence-corrected chi connectivity index (χ4v) is 1.69. The first-order valence-electron chi connectivity index (χ1n) is 4.71. The van der Waals surface area contributed by atoms with E-state index in [0.29, 0.717) is 6.61 Å². The topological polar surface area (TPSA) is 39.3 Å². The van der Waals surface area contributed by atoms with E-state index in [2.05, 4.69) is 16.9 Å². The Hall–Kier alpha value is -0.960. The average molecular weight is 180 g/mol. The van der Waals surface area contributed by atoms with Crippen molar-refractivity contribution in [1.82, 2.24) is 4.98 Å². The maximum Gasteiger partial charge on any atom is 0.0541 e. The third kappa shape index (κ3) is 1.70. The third-order valence-corrected chi connectivity index (χ3v) is 2.89. The lowest BCUT2D eigenvalue weighted by Gasteiger charge is -2.22. The Bertz CT molecular complexity index is 264. The number of anilines is 1. The molecule has 0 radical (unpaired) electrons. The summed E-state index contributed by atoms with van der Waals surface area (Å²) >= 11 is 0. The molecular weight excluding hydrogens is 164 g/mol. The molecule has 0 bridgehead atoms. The monoisotopic (exact) mass is 180 g/mol. The molecule has 3 nitrogen and oxygen atoms in total. The molecule has 1 aliphatic carbocycles. The molecule has 13 heavy (non-hydrogen) atoms. The van der Waals surface area contributed by atoms with E-state index in [1.165, 1.54) is 5.69 Å². The van der Waals surface area contributed by atoms with E-state index < -0.39 is 0 Å². The van der Waals surface area contributed by atoms with Crippen LogP contribution >= 0.6 is 0 Å². The normalized spacial score (nSPS) is 18.6. The Morgan fingerprint density at radius 2 is 2.38 bits per heavy atom. The summed E-state index contributed by atoms with van der Waals surface area (Å²) in [5.74, 6) is 0. The summed E-state index contributed by atoms with van der Waals surface area (Å²) in [6.07, 6.45) is 6.23. The maximum atomic E-state index is 9.17. The van der Waals surface area contributed by atoms with Gasteiger partial charge in [-0.3, -0.25) is 0 Å². The molecule has 1 fully saturated rings. The fourth-order valence-electron chi connectivity index (χ4n) is 1.69. The predicted molar refractivity (Wildman–Crippen MR) is 52.8 cm³/mol. The van der Waals surface area contributed by atoms with Crippen molar-refractivity contribution >= 4 is 5.69 Å². The summed E-state index contributed by atoms with van der Waals surface area (Å²) in [5, 5.41) is 9.17. The van der Waals surface area contributed by atoms with Gasteiger partial charge >= 0.3 is 0 Å². The number of aromatic amines is 1. The van der Waals surface area contributed by atoms with Crippen LogP contribution in [0.5, 0.6) is 0 Å². The molecule has 72 valence electrons. The van der Waals surface area contributed by atoms with Crippen molar-refractivity contribution in [2.45, 2.75) is 12.8 Å². The molecule has 0 atom stereocenters. The van der Waals surface area contributed by atoms with Gasteiger partial charge in [0, 0.05) is 31.4 Å². The quantitative estimate of drug-likeness (QED) is 0.731. The highest BCUT2D eigenvalue weighted by molar-refractivity contribution is 5.43. The van der Waals surface area contributed by atoms with Crippen LogP contribution in [-0.2, 0) is 0 Å². The molecular formula is C10H16N2O. The van der Waals surface area contributed by atoms with Crippen molar-refractivity contribution in [1.29, 1.82) is 0 Å². The van der Waals surface area contributed by atoms with Gasteiger partial charge in [-0.05, 0) is 18.9 Å². The molecule has 1 aromatic rings. The zero-order valence-electron chi connectivity index (χ0n) is 7.95. The van der Waals surface area contributed by atoms with Crippen molar-refractivity contribution in [3.8, 4) is 0 Å². The molecule has 0 aliphatic heterocycles. The number of nitrogens with one attached hydrogen (secondary N) is 1. The second-order valence-electron chi connectivity index (χ2n) is 4.08. The summed E-state index contributed by atoms with van der Waals surface area (Å²) in [7, 11) is 2.07. The Labute approximate surface area is 78.4 Å². The molecule has 1 heterocycles. The summed E-state index contributed by atoms with van der Waals surface area (Å²) < 4.78 is 0. The van der Waals surface area contributed by atoms with E-state index in [9.17, 15) is 0 Å². The number of hydrogen-bond donors (Lipinski definition) is 2. The van der Waals surface area contributed by atoms with E-state index in [0.717, 1.165) is 19.4 Å². The van der Waals surface area contributed by atoms with E-state index >= 15 is 0 Å². The largest absolute Gasteiger partial charge is 0.396 e. The molecule has 1 aliphatic rings. The average Bonchev–Trinajstić information content (AvgIpc) is 2.69. The summed E-state index contributed by atoms with van der Waals surface area (Å²) in [6.45, 7) is 1.28. The molecule has 2 rings (SSSR count). The minimum absolute atomic E-state index is 0.200. The van der Waals surface area contributed by atoms with Gasteiger partial charge in [0.05, 0.1) is 12.3 Å². The van der Waals surface area contributed by atoms with Gasteiger partial charge in [-0.15, -0.1) is 0 Å².